The highest BCUT2D eigenvalue weighted by Gasteiger charge is 2.65. The molecule has 2 aromatic carbocycles. The molecule has 3 nitrogen and oxygen atoms in total. The number of carbonyl (C=O) groups excluding carboxylic acids is 1. The smallest absolute Gasteiger partial charge is 0.248 e. The minimum absolute atomic E-state index is 0.0305. The van der Waals surface area contributed by atoms with Crippen molar-refractivity contribution in [2.45, 2.75) is 63.4 Å². The Morgan fingerprint density at radius 3 is 2.79 bits per heavy atom. The van der Waals surface area contributed by atoms with Gasteiger partial charge in [-0.15, -0.1) is 6.42 Å². The van der Waals surface area contributed by atoms with E-state index in [0.717, 1.165) is 43.0 Å². The van der Waals surface area contributed by atoms with E-state index in [2.05, 4.69) is 47.0 Å². The van der Waals surface area contributed by atoms with Gasteiger partial charge in [0, 0.05) is 22.2 Å². The molecule has 2 saturated carbocycles. The summed E-state index contributed by atoms with van der Waals surface area (Å²) >= 11 is 3.57. The first kappa shape index (κ1) is 23.6. The van der Waals surface area contributed by atoms with Gasteiger partial charge in [0.2, 0.25) is 5.91 Å². The van der Waals surface area contributed by atoms with Crippen molar-refractivity contribution in [3.63, 3.8) is 0 Å². The number of nitrogens with two attached hydrogens (primary N) is 1. The zero-order valence-electron chi connectivity index (χ0n) is 19.9. The number of hydrogen-bond donors (Lipinski definition) is 2. The standard InChI is InChI=1S/C30H34BrNO2/c1-3-30(34)23(17-20-5-4-6-22(16-20)28(32)33)18-27-26-10-8-21-15-19(12-14-31)7-9-24(21)25(26)11-13-29(27,30)2/h1,4-7,9,15-16,23,25-27,34H,8,10-14,17-18H2,2H3,(H2,32,33)/t23-,25+,26+,27-,29-,30-/m0/s1. The molecule has 5 rings (SSSR count). The second kappa shape index (κ2) is 8.85. The summed E-state index contributed by atoms with van der Waals surface area (Å²) < 4.78 is 0. The van der Waals surface area contributed by atoms with Crippen molar-refractivity contribution in [3.8, 4) is 12.3 Å². The fourth-order valence-corrected chi connectivity index (χ4v) is 8.18. The molecule has 2 fully saturated rings. The van der Waals surface area contributed by atoms with Gasteiger partial charge in [-0.25, -0.2) is 0 Å². The molecule has 34 heavy (non-hydrogen) atoms. The maximum absolute atomic E-state index is 12.0. The molecule has 0 spiro atoms. The fraction of sp³-hybridized carbons (Fsp3) is 0.500. The van der Waals surface area contributed by atoms with Crippen LogP contribution < -0.4 is 5.73 Å². The van der Waals surface area contributed by atoms with Gasteiger partial charge < -0.3 is 10.8 Å². The molecule has 178 valence electrons. The third-order valence-corrected chi connectivity index (χ3v) is 9.87. The van der Waals surface area contributed by atoms with E-state index < -0.39 is 11.5 Å². The number of benzene rings is 2. The third kappa shape index (κ3) is 3.64. The number of carbonyl (C=O) groups is 1. The molecule has 0 unspecified atom stereocenters. The van der Waals surface area contributed by atoms with Gasteiger partial charge in [0.25, 0.3) is 0 Å². The number of alkyl halides is 1. The van der Waals surface area contributed by atoms with Crippen molar-refractivity contribution in [1.82, 2.24) is 0 Å². The third-order valence-electron chi connectivity index (χ3n) is 9.48. The molecule has 0 aliphatic heterocycles. The van der Waals surface area contributed by atoms with Gasteiger partial charge in [-0.3, -0.25) is 4.79 Å². The van der Waals surface area contributed by atoms with Crippen LogP contribution in [0.2, 0.25) is 0 Å². The Hall–Kier alpha value is -2.09. The summed E-state index contributed by atoms with van der Waals surface area (Å²) in [4.78, 5) is 11.7. The van der Waals surface area contributed by atoms with Crippen molar-refractivity contribution in [2.24, 2.45) is 28.9 Å². The van der Waals surface area contributed by atoms with E-state index in [-0.39, 0.29) is 11.3 Å². The molecule has 4 heteroatoms. The molecule has 3 aliphatic carbocycles. The number of hydrogen-bond acceptors (Lipinski definition) is 2. The van der Waals surface area contributed by atoms with Crippen molar-refractivity contribution >= 4 is 21.8 Å². The summed E-state index contributed by atoms with van der Waals surface area (Å²) in [6.45, 7) is 2.24. The Kier molecular flexibility index (Phi) is 6.15. The largest absolute Gasteiger partial charge is 0.377 e. The number of amides is 1. The SMILES string of the molecule is C#C[C@]1(O)[C@@H](Cc2cccc(C(N)=O)c2)C[C@H]2[C@@H]3CCc4cc(CCBr)ccc4[C@H]3CC[C@@]21C. The summed E-state index contributed by atoms with van der Waals surface area (Å²) in [5, 5.41) is 13.0. The Labute approximate surface area is 211 Å². The number of primary amides is 1. The Balaban J connectivity index is 1.45. The van der Waals surface area contributed by atoms with Crippen LogP contribution in [0.4, 0.5) is 0 Å². The van der Waals surface area contributed by atoms with E-state index in [9.17, 15) is 9.90 Å². The predicted molar refractivity (Wildman–Crippen MR) is 140 cm³/mol. The minimum Gasteiger partial charge on any atom is -0.377 e. The second-order valence-electron chi connectivity index (χ2n) is 11.0. The first-order valence-electron chi connectivity index (χ1n) is 12.6. The van der Waals surface area contributed by atoms with Crippen LogP contribution in [0.3, 0.4) is 0 Å². The Morgan fingerprint density at radius 1 is 1.24 bits per heavy atom. The molecule has 6 atom stereocenters. The molecule has 0 radical (unpaired) electrons. The highest BCUT2D eigenvalue weighted by atomic mass is 79.9. The van der Waals surface area contributed by atoms with Gasteiger partial charge in [-0.1, -0.05) is 59.1 Å². The van der Waals surface area contributed by atoms with E-state index >= 15 is 0 Å². The molecule has 2 aromatic rings. The first-order chi connectivity index (χ1) is 16.3. The summed E-state index contributed by atoms with van der Waals surface area (Å²) in [6, 6.07) is 14.6. The van der Waals surface area contributed by atoms with E-state index in [1.165, 1.54) is 23.1 Å². The zero-order chi connectivity index (χ0) is 24.1. The summed E-state index contributed by atoms with van der Waals surface area (Å²) in [5.74, 6) is 3.93. The summed E-state index contributed by atoms with van der Waals surface area (Å²) in [5.41, 5.74) is 10.0. The van der Waals surface area contributed by atoms with Gasteiger partial charge in [0.1, 0.15) is 5.60 Å². The van der Waals surface area contributed by atoms with E-state index in [1.54, 1.807) is 6.07 Å². The number of rotatable bonds is 5. The van der Waals surface area contributed by atoms with Crippen LogP contribution in [0.5, 0.6) is 0 Å². The van der Waals surface area contributed by atoms with Crippen LogP contribution in [0.25, 0.3) is 0 Å². The average molecular weight is 521 g/mol. The topological polar surface area (TPSA) is 63.3 Å². The fourth-order valence-electron chi connectivity index (χ4n) is 7.72. The highest BCUT2D eigenvalue weighted by Crippen LogP contribution is 2.66. The number of aliphatic hydroxyl groups is 1. The van der Waals surface area contributed by atoms with Crippen LogP contribution in [0, 0.1) is 35.5 Å². The van der Waals surface area contributed by atoms with Crippen LogP contribution in [0.15, 0.2) is 42.5 Å². The van der Waals surface area contributed by atoms with Gasteiger partial charge in [0.15, 0.2) is 0 Å². The molecule has 1 amide bonds. The first-order valence-corrected chi connectivity index (χ1v) is 13.7. The quantitative estimate of drug-likeness (QED) is 0.409. The average Bonchev–Trinajstić information content (AvgIpc) is 3.06. The van der Waals surface area contributed by atoms with Gasteiger partial charge in [0.05, 0.1) is 0 Å². The van der Waals surface area contributed by atoms with Crippen LogP contribution >= 0.6 is 15.9 Å². The summed E-state index contributed by atoms with van der Waals surface area (Å²) in [6.07, 6.45) is 13.1. The molecule has 0 heterocycles. The van der Waals surface area contributed by atoms with Crippen molar-refractivity contribution in [1.29, 1.82) is 0 Å². The van der Waals surface area contributed by atoms with E-state index in [1.807, 2.05) is 18.2 Å². The van der Waals surface area contributed by atoms with E-state index in [4.69, 9.17) is 12.2 Å². The lowest BCUT2D eigenvalue weighted by atomic mass is 9.53. The lowest BCUT2D eigenvalue weighted by Crippen LogP contribution is -2.52. The van der Waals surface area contributed by atoms with Crippen molar-refractivity contribution in [3.05, 3.63) is 70.3 Å². The molecule has 0 bridgehead atoms. The lowest BCUT2D eigenvalue weighted by Gasteiger charge is -2.52. The second-order valence-corrected chi connectivity index (χ2v) is 11.7. The van der Waals surface area contributed by atoms with Gasteiger partial charge >= 0.3 is 0 Å². The van der Waals surface area contributed by atoms with Crippen LogP contribution in [-0.4, -0.2) is 21.9 Å². The van der Waals surface area contributed by atoms with E-state index in [0.29, 0.717) is 29.7 Å². The lowest BCUT2D eigenvalue weighted by molar-refractivity contribution is -0.0800. The van der Waals surface area contributed by atoms with Gasteiger partial charge in [-0.2, -0.15) is 0 Å². The normalized spacial score (nSPS) is 33.9. The zero-order valence-corrected chi connectivity index (χ0v) is 21.5. The number of fused-ring (bicyclic) bond motifs is 5. The maximum Gasteiger partial charge on any atom is 0.248 e. The molecule has 3 N–H and O–H groups in total. The molecular formula is C30H34BrNO2. The van der Waals surface area contributed by atoms with Crippen LogP contribution in [-0.2, 0) is 19.3 Å². The number of aryl methyl sites for hydroxylation is 2. The Morgan fingerprint density at radius 2 is 2.06 bits per heavy atom. The molecular weight excluding hydrogens is 486 g/mol. The molecule has 3 aliphatic rings. The number of terminal acetylenes is 1. The molecule has 0 aromatic heterocycles. The number of halogens is 1. The maximum atomic E-state index is 12.0. The molecule has 0 saturated heterocycles. The van der Waals surface area contributed by atoms with Crippen molar-refractivity contribution in [2.75, 3.05) is 5.33 Å². The highest BCUT2D eigenvalue weighted by molar-refractivity contribution is 9.09. The predicted octanol–water partition coefficient (Wildman–Crippen LogP) is 5.41. The summed E-state index contributed by atoms with van der Waals surface area (Å²) in [7, 11) is 0. The van der Waals surface area contributed by atoms with Crippen molar-refractivity contribution < 1.29 is 9.90 Å². The Bertz CT molecular complexity index is 1150. The minimum atomic E-state index is -1.15. The van der Waals surface area contributed by atoms with Crippen LogP contribution in [0.1, 0.15) is 71.1 Å². The monoisotopic (exact) mass is 519 g/mol. The van der Waals surface area contributed by atoms with Gasteiger partial charge in [-0.05, 0) is 97.1 Å².